The van der Waals surface area contributed by atoms with Crippen LogP contribution in [0.15, 0.2) is 49.1 Å². The van der Waals surface area contributed by atoms with Crippen molar-refractivity contribution in [1.29, 1.82) is 0 Å². The van der Waals surface area contributed by atoms with Crippen molar-refractivity contribution in [3.8, 4) is 0 Å². The Bertz CT molecular complexity index is 885. The van der Waals surface area contributed by atoms with Crippen LogP contribution in [0.5, 0.6) is 0 Å². The molecule has 2 heterocycles. The van der Waals surface area contributed by atoms with Gasteiger partial charge in [-0.1, -0.05) is 0 Å². The zero-order chi connectivity index (χ0) is 18.4. The van der Waals surface area contributed by atoms with Gasteiger partial charge in [-0.05, 0) is 53.3 Å². The fourth-order valence-electron chi connectivity index (χ4n) is 2.42. The number of aromatic nitrogens is 3. The standard InChI is InChI=1S/C18H17FIN5O/c19-14-10-12(20)3-4-15(14)25-16-11-21-7-5-13(16)18(26)24-6-1-2-17-22-8-9-23-17/h3-5,7-11,25H,1-2,6H2,(H,22,23)(H,24,26). The van der Waals surface area contributed by atoms with Crippen LogP contribution in [-0.4, -0.2) is 27.4 Å². The number of imidazole rings is 1. The van der Waals surface area contributed by atoms with Crippen LogP contribution in [0, 0.1) is 9.39 Å². The highest BCUT2D eigenvalue weighted by molar-refractivity contribution is 14.1. The van der Waals surface area contributed by atoms with Gasteiger partial charge in [0.1, 0.15) is 11.6 Å². The highest BCUT2D eigenvalue weighted by Gasteiger charge is 2.13. The second kappa shape index (κ2) is 8.75. The first-order valence-corrected chi connectivity index (χ1v) is 9.14. The summed E-state index contributed by atoms with van der Waals surface area (Å²) in [6, 6.07) is 6.45. The lowest BCUT2D eigenvalue weighted by Gasteiger charge is -2.12. The van der Waals surface area contributed by atoms with Gasteiger partial charge < -0.3 is 15.6 Å². The minimum Gasteiger partial charge on any atom is -0.352 e. The molecule has 2 aromatic heterocycles. The summed E-state index contributed by atoms with van der Waals surface area (Å²) in [5.41, 5.74) is 1.16. The van der Waals surface area contributed by atoms with Crippen molar-refractivity contribution in [2.45, 2.75) is 12.8 Å². The van der Waals surface area contributed by atoms with Crippen LogP contribution in [0.4, 0.5) is 15.8 Å². The Hall–Kier alpha value is -2.49. The quantitative estimate of drug-likeness (QED) is 0.368. The molecule has 0 saturated carbocycles. The van der Waals surface area contributed by atoms with Crippen molar-refractivity contribution in [2.75, 3.05) is 11.9 Å². The van der Waals surface area contributed by atoms with Crippen molar-refractivity contribution in [3.05, 3.63) is 69.8 Å². The SMILES string of the molecule is O=C(NCCCc1ncc[nH]1)c1ccncc1Nc1ccc(I)cc1F. The smallest absolute Gasteiger partial charge is 0.253 e. The molecule has 0 radical (unpaired) electrons. The van der Waals surface area contributed by atoms with Crippen LogP contribution >= 0.6 is 22.6 Å². The van der Waals surface area contributed by atoms with E-state index in [2.05, 4.69) is 25.6 Å². The van der Waals surface area contributed by atoms with Gasteiger partial charge in [-0.3, -0.25) is 9.78 Å². The third-order valence-electron chi connectivity index (χ3n) is 3.70. The Balaban J connectivity index is 1.63. The van der Waals surface area contributed by atoms with E-state index in [1.165, 1.54) is 18.5 Å². The summed E-state index contributed by atoms with van der Waals surface area (Å²) in [7, 11) is 0. The van der Waals surface area contributed by atoms with Gasteiger partial charge in [0.05, 0.1) is 23.1 Å². The number of rotatable bonds is 7. The third-order valence-corrected chi connectivity index (χ3v) is 4.37. The molecule has 26 heavy (non-hydrogen) atoms. The van der Waals surface area contributed by atoms with E-state index >= 15 is 0 Å². The first-order chi connectivity index (χ1) is 12.6. The van der Waals surface area contributed by atoms with Gasteiger partial charge in [0.15, 0.2) is 0 Å². The van der Waals surface area contributed by atoms with Gasteiger partial charge in [0.25, 0.3) is 5.91 Å². The minimum atomic E-state index is -0.384. The number of halogens is 2. The molecule has 8 heteroatoms. The number of anilines is 2. The zero-order valence-electron chi connectivity index (χ0n) is 13.8. The topological polar surface area (TPSA) is 82.7 Å². The van der Waals surface area contributed by atoms with Gasteiger partial charge in [0, 0.05) is 35.1 Å². The first-order valence-electron chi connectivity index (χ1n) is 8.06. The number of hydrogen-bond acceptors (Lipinski definition) is 4. The van der Waals surface area contributed by atoms with Gasteiger partial charge >= 0.3 is 0 Å². The number of nitrogens with one attached hydrogen (secondary N) is 3. The van der Waals surface area contributed by atoms with Gasteiger partial charge in [-0.15, -0.1) is 0 Å². The lowest BCUT2D eigenvalue weighted by molar-refractivity contribution is 0.0954. The molecule has 3 rings (SSSR count). The van der Waals surface area contributed by atoms with Crippen molar-refractivity contribution in [3.63, 3.8) is 0 Å². The van der Waals surface area contributed by atoms with Crippen molar-refractivity contribution < 1.29 is 9.18 Å². The Morgan fingerprint density at radius 2 is 2.12 bits per heavy atom. The maximum Gasteiger partial charge on any atom is 0.253 e. The van der Waals surface area contributed by atoms with E-state index in [0.29, 0.717) is 23.5 Å². The number of nitrogens with zero attached hydrogens (tertiary/aromatic N) is 2. The summed E-state index contributed by atoms with van der Waals surface area (Å²) in [6.45, 7) is 0.513. The van der Waals surface area contributed by atoms with Gasteiger partial charge in [0.2, 0.25) is 0 Å². The van der Waals surface area contributed by atoms with E-state index in [0.717, 1.165) is 22.2 Å². The molecule has 0 spiro atoms. The van der Waals surface area contributed by atoms with Crippen molar-refractivity contribution in [1.82, 2.24) is 20.3 Å². The number of hydrogen-bond donors (Lipinski definition) is 3. The fourth-order valence-corrected chi connectivity index (χ4v) is 2.87. The Kier molecular flexibility index (Phi) is 6.16. The predicted octanol–water partition coefficient (Wildman–Crippen LogP) is 3.65. The maximum absolute atomic E-state index is 14.1. The van der Waals surface area contributed by atoms with E-state index in [9.17, 15) is 9.18 Å². The lowest BCUT2D eigenvalue weighted by atomic mass is 10.2. The summed E-state index contributed by atoms with van der Waals surface area (Å²) in [4.78, 5) is 23.6. The summed E-state index contributed by atoms with van der Waals surface area (Å²) >= 11 is 2.04. The number of carbonyl (C=O) groups excluding carboxylic acids is 1. The number of H-pyrrole nitrogens is 1. The molecule has 0 unspecified atom stereocenters. The van der Waals surface area contributed by atoms with Crippen molar-refractivity contribution >= 4 is 39.9 Å². The first kappa shape index (κ1) is 18.3. The molecule has 1 amide bonds. The van der Waals surface area contributed by atoms with E-state index in [1.54, 1.807) is 30.6 Å². The van der Waals surface area contributed by atoms with Crippen LogP contribution in [0.25, 0.3) is 0 Å². The molecule has 0 aliphatic heterocycles. The second-order valence-electron chi connectivity index (χ2n) is 5.57. The summed E-state index contributed by atoms with van der Waals surface area (Å²) in [6.07, 6.45) is 8.03. The Morgan fingerprint density at radius 3 is 2.88 bits per heavy atom. The summed E-state index contributed by atoms with van der Waals surface area (Å²) < 4.78 is 14.9. The maximum atomic E-state index is 14.1. The van der Waals surface area contributed by atoms with Crippen LogP contribution < -0.4 is 10.6 Å². The normalized spacial score (nSPS) is 10.5. The van der Waals surface area contributed by atoms with Crippen LogP contribution in [-0.2, 0) is 6.42 Å². The predicted molar refractivity (Wildman–Crippen MR) is 106 cm³/mol. The third kappa shape index (κ3) is 4.78. The lowest BCUT2D eigenvalue weighted by Crippen LogP contribution is -2.25. The molecule has 0 fully saturated rings. The monoisotopic (exact) mass is 465 g/mol. The van der Waals surface area contributed by atoms with Crippen molar-refractivity contribution in [2.24, 2.45) is 0 Å². The Labute approximate surface area is 163 Å². The minimum absolute atomic E-state index is 0.236. The molecule has 3 N–H and O–H groups in total. The fraction of sp³-hybridized carbons (Fsp3) is 0.167. The van der Waals surface area contributed by atoms with E-state index in [4.69, 9.17) is 0 Å². The van der Waals surface area contributed by atoms with Gasteiger partial charge in [-0.25, -0.2) is 9.37 Å². The number of benzene rings is 1. The summed E-state index contributed by atoms with van der Waals surface area (Å²) in [5.74, 6) is 0.269. The second-order valence-corrected chi connectivity index (χ2v) is 6.81. The molecule has 0 aliphatic carbocycles. The largest absolute Gasteiger partial charge is 0.352 e. The molecule has 6 nitrogen and oxygen atoms in total. The van der Waals surface area contributed by atoms with Gasteiger partial charge in [-0.2, -0.15) is 0 Å². The molecule has 0 saturated heterocycles. The molecular formula is C18H17FIN5O. The van der Waals surface area contributed by atoms with E-state index < -0.39 is 0 Å². The average Bonchev–Trinajstić information content (AvgIpc) is 3.15. The molecular weight excluding hydrogens is 448 g/mol. The highest BCUT2D eigenvalue weighted by atomic mass is 127. The van der Waals surface area contributed by atoms with Crippen LogP contribution in [0.2, 0.25) is 0 Å². The molecule has 1 aromatic carbocycles. The zero-order valence-corrected chi connectivity index (χ0v) is 16.0. The molecule has 3 aromatic rings. The van der Waals surface area contributed by atoms with Crippen LogP contribution in [0.1, 0.15) is 22.6 Å². The van der Waals surface area contributed by atoms with E-state index in [1.807, 2.05) is 22.6 Å². The molecule has 0 aliphatic rings. The Morgan fingerprint density at radius 1 is 1.23 bits per heavy atom. The highest BCUT2D eigenvalue weighted by Crippen LogP contribution is 2.23. The number of amides is 1. The number of pyridine rings is 1. The summed E-state index contributed by atoms with van der Waals surface area (Å²) in [5, 5.41) is 5.81. The number of aromatic amines is 1. The van der Waals surface area contributed by atoms with Crippen LogP contribution in [0.3, 0.4) is 0 Å². The molecule has 0 atom stereocenters. The van der Waals surface area contributed by atoms with E-state index in [-0.39, 0.29) is 11.7 Å². The average molecular weight is 465 g/mol. The molecule has 134 valence electrons. The number of aryl methyl sites for hydroxylation is 1. The number of carbonyl (C=O) groups is 1. The molecule has 0 bridgehead atoms.